The molecule has 0 aliphatic carbocycles. The standard InChI is InChI=1S/C11H21N7O2/c1-18(2)10-15-8(14-9(16-10)17-12)13-7-11(19)3-5-20-6-4-11/h19H,3-7,12H2,1-2H3,(H2,13,14,15,16,17). The molecule has 0 saturated carbocycles. The Morgan fingerprint density at radius 2 is 1.90 bits per heavy atom. The molecule has 1 aliphatic rings. The van der Waals surface area contributed by atoms with E-state index in [0.29, 0.717) is 44.5 Å². The van der Waals surface area contributed by atoms with Crippen molar-refractivity contribution in [3.8, 4) is 0 Å². The molecule has 0 atom stereocenters. The minimum atomic E-state index is -0.792. The van der Waals surface area contributed by atoms with E-state index in [1.54, 1.807) is 4.90 Å². The van der Waals surface area contributed by atoms with Gasteiger partial charge in [-0.2, -0.15) is 15.0 Å². The van der Waals surface area contributed by atoms with E-state index in [1.165, 1.54) is 0 Å². The third-order valence-corrected chi connectivity index (χ3v) is 3.15. The van der Waals surface area contributed by atoms with Crippen molar-refractivity contribution in [2.24, 2.45) is 5.84 Å². The maximum atomic E-state index is 10.4. The van der Waals surface area contributed by atoms with Gasteiger partial charge in [-0.1, -0.05) is 0 Å². The molecule has 20 heavy (non-hydrogen) atoms. The lowest BCUT2D eigenvalue weighted by Crippen LogP contribution is -2.42. The first-order valence-electron chi connectivity index (χ1n) is 6.46. The zero-order valence-corrected chi connectivity index (χ0v) is 11.8. The van der Waals surface area contributed by atoms with Crippen molar-refractivity contribution in [2.75, 3.05) is 49.5 Å². The lowest BCUT2D eigenvalue weighted by molar-refractivity contribution is -0.0544. The van der Waals surface area contributed by atoms with Crippen LogP contribution in [0.25, 0.3) is 0 Å². The topological polar surface area (TPSA) is 121 Å². The van der Waals surface area contributed by atoms with E-state index in [-0.39, 0.29) is 5.95 Å². The van der Waals surface area contributed by atoms with Crippen LogP contribution in [0.4, 0.5) is 17.8 Å². The van der Waals surface area contributed by atoms with Crippen LogP contribution in [0.2, 0.25) is 0 Å². The second-order valence-corrected chi connectivity index (χ2v) is 5.01. The Kier molecular flexibility index (Phi) is 4.53. The van der Waals surface area contributed by atoms with Crippen LogP contribution in [0.5, 0.6) is 0 Å². The molecule has 5 N–H and O–H groups in total. The lowest BCUT2D eigenvalue weighted by Gasteiger charge is -2.32. The molecule has 2 rings (SSSR count). The molecular formula is C11H21N7O2. The summed E-state index contributed by atoms with van der Waals surface area (Å²) >= 11 is 0. The number of nitrogen functional groups attached to an aromatic ring is 1. The third kappa shape index (κ3) is 3.65. The average molecular weight is 283 g/mol. The molecular weight excluding hydrogens is 262 g/mol. The fourth-order valence-electron chi connectivity index (χ4n) is 1.88. The van der Waals surface area contributed by atoms with E-state index < -0.39 is 5.60 Å². The predicted molar refractivity (Wildman–Crippen MR) is 75.5 cm³/mol. The second kappa shape index (κ2) is 6.16. The molecule has 1 aromatic heterocycles. The van der Waals surface area contributed by atoms with E-state index in [2.05, 4.69) is 25.7 Å². The Morgan fingerprint density at radius 1 is 1.25 bits per heavy atom. The molecule has 1 fully saturated rings. The minimum absolute atomic E-state index is 0.269. The number of anilines is 3. The fourth-order valence-corrected chi connectivity index (χ4v) is 1.88. The number of ether oxygens (including phenoxy) is 1. The molecule has 0 amide bonds. The van der Waals surface area contributed by atoms with Crippen molar-refractivity contribution in [1.29, 1.82) is 0 Å². The van der Waals surface area contributed by atoms with Crippen LogP contribution in [-0.4, -0.2) is 59.5 Å². The van der Waals surface area contributed by atoms with Gasteiger partial charge in [0.15, 0.2) is 0 Å². The SMILES string of the molecule is CN(C)c1nc(NN)nc(NCC2(O)CCOCC2)n1. The number of hydrazine groups is 1. The van der Waals surface area contributed by atoms with Crippen LogP contribution in [0.15, 0.2) is 0 Å². The number of nitrogens with one attached hydrogen (secondary N) is 2. The molecule has 0 radical (unpaired) electrons. The van der Waals surface area contributed by atoms with Gasteiger partial charge in [-0.05, 0) is 0 Å². The Morgan fingerprint density at radius 3 is 2.50 bits per heavy atom. The van der Waals surface area contributed by atoms with Gasteiger partial charge in [0.05, 0.1) is 5.60 Å². The number of nitrogens with zero attached hydrogens (tertiary/aromatic N) is 4. The van der Waals surface area contributed by atoms with Gasteiger partial charge in [-0.3, -0.25) is 5.43 Å². The summed E-state index contributed by atoms with van der Waals surface area (Å²) < 4.78 is 5.24. The number of aromatic nitrogens is 3. The van der Waals surface area contributed by atoms with Crippen molar-refractivity contribution in [2.45, 2.75) is 18.4 Å². The van der Waals surface area contributed by atoms with Crippen molar-refractivity contribution >= 4 is 17.8 Å². The van der Waals surface area contributed by atoms with Gasteiger partial charge in [0, 0.05) is 46.7 Å². The van der Waals surface area contributed by atoms with Crippen LogP contribution >= 0.6 is 0 Å². The summed E-state index contributed by atoms with van der Waals surface area (Å²) in [5.74, 6) is 6.46. The van der Waals surface area contributed by atoms with Gasteiger partial charge in [-0.15, -0.1) is 0 Å². The van der Waals surface area contributed by atoms with Gasteiger partial charge >= 0.3 is 0 Å². The maximum absolute atomic E-state index is 10.4. The van der Waals surface area contributed by atoms with Gasteiger partial charge < -0.3 is 20.1 Å². The quantitative estimate of drug-likeness (QED) is 0.405. The van der Waals surface area contributed by atoms with Crippen LogP contribution in [-0.2, 0) is 4.74 Å². The second-order valence-electron chi connectivity index (χ2n) is 5.01. The largest absolute Gasteiger partial charge is 0.388 e. The maximum Gasteiger partial charge on any atom is 0.243 e. The molecule has 9 nitrogen and oxygen atoms in total. The molecule has 0 aromatic carbocycles. The normalized spacial score (nSPS) is 17.6. The average Bonchev–Trinajstić information content (AvgIpc) is 2.45. The Hall–Kier alpha value is -1.71. The van der Waals surface area contributed by atoms with Crippen molar-refractivity contribution in [3.05, 3.63) is 0 Å². The van der Waals surface area contributed by atoms with E-state index >= 15 is 0 Å². The lowest BCUT2D eigenvalue weighted by atomic mass is 9.94. The monoisotopic (exact) mass is 283 g/mol. The molecule has 0 spiro atoms. The highest BCUT2D eigenvalue weighted by Crippen LogP contribution is 2.21. The van der Waals surface area contributed by atoms with Crippen molar-refractivity contribution < 1.29 is 9.84 Å². The summed E-state index contributed by atoms with van der Waals surface area (Å²) in [6.45, 7) is 1.49. The summed E-state index contributed by atoms with van der Waals surface area (Å²) in [5, 5.41) is 13.4. The van der Waals surface area contributed by atoms with E-state index in [0.717, 1.165) is 0 Å². The molecule has 0 bridgehead atoms. The van der Waals surface area contributed by atoms with Gasteiger partial charge in [0.25, 0.3) is 0 Å². The highest BCUT2D eigenvalue weighted by Gasteiger charge is 2.29. The minimum Gasteiger partial charge on any atom is -0.388 e. The first kappa shape index (κ1) is 14.7. The molecule has 112 valence electrons. The third-order valence-electron chi connectivity index (χ3n) is 3.15. The Balaban J connectivity index is 2.06. The van der Waals surface area contributed by atoms with Gasteiger partial charge in [0.1, 0.15) is 0 Å². The van der Waals surface area contributed by atoms with Gasteiger partial charge in [-0.25, -0.2) is 5.84 Å². The van der Waals surface area contributed by atoms with E-state index in [4.69, 9.17) is 10.6 Å². The summed E-state index contributed by atoms with van der Waals surface area (Å²) in [6.07, 6.45) is 1.18. The Labute approximate surface area is 117 Å². The summed E-state index contributed by atoms with van der Waals surface area (Å²) in [7, 11) is 3.65. The number of aliphatic hydroxyl groups is 1. The summed E-state index contributed by atoms with van der Waals surface area (Å²) in [6, 6.07) is 0. The number of hydrogen-bond acceptors (Lipinski definition) is 9. The molecule has 2 heterocycles. The molecule has 1 aromatic rings. The molecule has 1 aliphatic heterocycles. The smallest absolute Gasteiger partial charge is 0.243 e. The highest BCUT2D eigenvalue weighted by atomic mass is 16.5. The number of rotatable bonds is 5. The highest BCUT2D eigenvalue weighted by molar-refractivity contribution is 5.42. The van der Waals surface area contributed by atoms with E-state index in [9.17, 15) is 5.11 Å². The predicted octanol–water partition coefficient (Wildman–Crippen LogP) is -0.823. The molecule has 0 unspecified atom stereocenters. The molecule has 1 saturated heterocycles. The van der Waals surface area contributed by atoms with Crippen molar-refractivity contribution in [3.63, 3.8) is 0 Å². The zero-order chi connectivity index (χ0) is 14.6. The zero-order valence-electron chi connectivity index (χ0n) is 11.8. The van der Waals surface area contributed by atoms with Crippen molar-refractivity contribution in [1.82, 2.24) is 15.0 Å². The van der Waals surface area contributed by atoms with Gasteiger partial charge in [0.2, 0.25) is 17.8 Å². The van der Waals surface area contributed by atoms with E-state index in [1.807, 2.05) is 14.1 Å². The fraction of sp³-hybridized carbons (Fsp3) is 0.727. The van der Waals surface area contributed by atoms with Crippen LogP contribution in [0.1, 0.15) is 12.8 Å². The number of hydrogen-bond donors (Lipinski definition) is 4. The Bertz CT molecular complexity index is 448. The number of nitrogens with two attached hydrogens (primary N) is 1. The summed E-state index contributed by atoms with van der Waals surface area (Å²) in [5.41, 5.74) is 1.61. The molecule has 9 heteroatoms. The van der Waals surface area contributed by atoms with Crippen LogP contribution < -0.4 is 21.5 Å². The first-order chi connectivity index (χ1) is 9.52. The van der Waals surface area contributed by atoms with Crippen LogP contribution in [0.3, 0.4) is 0 Å². The summed E-state index contributed by atoms with van der Waals surface area (Å²) in [4.78, 5) is 14.2. The first-order valence-corrected chi connectivity index (χ1v) is 6.46. The van der Waals surface area contributed by atoms with Crippen LogP contribution in [0, 0.1) is 0 Å².